The summed E-state index contributed by atoms with van der Waals surface area (Å²) in [5.41, 5.74) is 0. The minimum absolute atomic E-state index is 0.102. The second-order valence-electron chi connectivity index (χ2n) is 3.58. The monoisotopic (exact) mass is 272 g/mol. The van der Waals surface area contributed by atoms with Crippen LogP contribution < -0.4 is 10.6 Å². The molecule has 2 N–H and O–H groups in total. The number of urea groups is 1. The second kappa shape index (κ2) is 7.96. The highest BCUT2D eigenvalue weighted by molar-refractivity contribution is 5.96. The number of amides is 3. The lowest BCUT2D eigenvalue weighted by molar-refractivity contribution is -0.149. The SMILES string of the molecule is CCCNC(=O)NC(=O)COC(=O)C1=COCCO1. The Kier molecular flexibility index (Phi) is 6.20. The quantitative estimate of drug-likeness (QED) is 0.663. The molecular formula is C11H16N2O6. The first-order chi connectivity index (χ1) is 9.13. The van der Waals surface area contributed by atoms with Crippen LogP contribution in [0, 0.1) is 0 Å². The third kappa shape index (κ3) is 5.75. The third-order valence-corrected chi connectivity index (χ3v) is 1.97. The lowest BCUT2D eigenvalue weighted by Gasteiger charge is -2.14. The number of esters is 1. The fraction of sp³-hybridized carbons (Fsp3) is 0.545. The maximum absolute atomic E-state index is 11.4. The first-order valence-electron chi connectivity index (χ1n) is 5.83. The number of imide groups is 1. The molecule has 106 valence electrons. The molecule has 0 saturated carbocycles. The van der Waals surface area contributed by atoms with Crippen LogP contribution in [0.25, 0.3) is 0 Å². The Bertz CT molecular complexity index is 379. The summed E-state index contributed by atoms with van der Waals surface area (Å²) in [5.74, 6) is -1.64. The van der Waals surface area contributed by atoms with Gasteiger partial charge in [-0.1, -0.05) is 6.92 Å². The first-order valence-corrected chi connectivity index (χ1v) is 5.83. The summed E-state index contributed by atoms with van der Waals surface area (Å²) >= 11 is 0. The van der Waals surface area contributed by atoms with Crippen molar-refractivity contribution < 1.29 is 28.6 Å². The highest BCUT2D eigenvalue weighted by Crippen LogP contribution is 2.05. The van der Waals surface area contributed by atoms with Crippen molar-refractivity contribution in [3.63, 3.8) is 0 Å². The normalized spacial score (nSPS) is 13.4. The van der Waals surface area contributed by atoms with E-state index in [1.165, 1.54) is 0 Å². The van der Waals surface area contributed by atoms with E-state index in [2.05, 4.69) is 10.1 Å². The number of rotatable bonds is 5. The molecule has 3 amide bonds. The van der Waals surface area contributed by atoms with Crippen LogP contribution in [-0.2, 0) is 23.8 Å². The molecule has 8 heteroatoms. The van der Waals surface area contributed by atoms with Crippen molar-refractivity contribution in [3.05, 3.63) is 12.0 Å². The second-order valence-corrected chi connectivity index (χ2v) is 3.58. The third-order valence-electron chi connectivity index (χ3n) is 1.97. The molecule has 1 aliphatic heterocycles. The van der Waals surface area contributed by atoms with Gasteiger partial charge in [0.05, 0.1) is 0 Å². The Morgan fingerprint density at radius 1 is 1.37 bits per heavy atom. The Labute approximate surface area is 110 Å². The van der Waals surface area contributed by atoms with Crippen LogP contribution in [0.15, 0.2) is 12.0 Å². The summed E-state index contributed by atoms with van der Waals surface area (Å²) in [4.78, 5) is 33.8. The Balaban J connectivity index is 2.24. The van der Waals surface area contributed by atoms with Crippen molar-refractivity contribution in [2.45, 2.75) is 13.3 Å². The van der Waals surface area contributed by atoms with Crippen LogP contribution in [0.4, 0.5) is 4.79 Å². The van der Waals surface area contributed by atoms with Gasteiger partial charge in [0, 0.05) is 6.54 Å². The molecule has 1 aliphatic rings. The molecule has 0 aromatic heterocycles. The van der Waals surface area contributed by atoms with Gasteiger partial charge >= 0.3 is 12.0 Å². The number of nitrogens with one attached hydrogen (secondary N) is 2. The molecule has 0 aliphatic carbocycles. The Hall–Kier alpha value is -2.25. The average Bonchev–Trinajstić information content (AvgIpc) is 2.43. The molecule has 0 spiro atoms. The van der Waals surface area contributed by atoms with E-state index in [0.29, 0.717) is 13.2 Å². The first kappa shape index (κ1) is 14.8. The molecule has 19 heavy (non-hydrogen) atoms. The molecule has 1 heterocycles. The fourth-order valence-corrected chi connectivity index (χ4v) is 1.12. The zero-order valence-corrected chi connectivity index (χ0v) is 10.6. The van der Waals surface area contributed by atoms with Gasteiger partial charge in [-0.25, -0.2) is 9.59 Å². The van der Waals surface area contributed by atoms with Gasteiger partial charge in [0.15, 0.2) is 6.61 Å². The topological polar surface area (TPSA) is 103 Å². The van der Waals surface area contributed by atoms with Crippen LogP contribution in [0.3, 0.4) is 0 Å². The minimum atomic E-state index is -0.816. The number of ether oxygens (including phenoxy) is 3. The van der Waals surface area contributed by atoms with E-state index in [1.807, 2.05) is 12.2 Å². The molecule has 0 aromatic rings. The highest BCUT2D eigenvalue weighted by Gasteiger charge is 2.18. The van der Waals surface area contributed by atoms with E-state index in [1.54, 1.807) is 0 Å². The largest absolute Gasteiger partial charge is 0.493 e. The van der Waals surface area contributed by atoms with Gasteiger partial charge in [-0.05, 0) is 6.42 Å². The van der Waals surface area contributed by atoms with Gasteiger partial charge in [0.1, 0.15) is 19.5 Å². The number of carbonyl (C=O) groups is 3. The lowest BCUT2D eigenvalue weighted by atomic mass is 10.5. The zero-order valence-electron chi connectivity index (χ0n) is 10.6. The van der Waals surface area contributed by atoms with Crippen LogP contribution >= 0.6 is 0 Å². The fourth-order valence-electron chi connectivity index (χ4n) is 1.12. The highest BCUT2D eigenvalue weighted by atomic mass is 16.6. The van der Waals surface area contributed by atoms with Gasteiger partial charge in [-0.2, -0.15) is 0 Å². The molecule has 0 fully saturated rings. The molecule has 0 unspecified atom stereocenters. The van der Waals surface area contributed by atoms with E-state index >= 15 is 0 Å². The van der Waals surface area contributed by atoms with Gasteiger partial charge in [-0.15, -0.1) is 0 Å². The van der Waals surface area contributed by atoms with Crippen molar-refractivity contribution in [2.75, 3.05) is 26.4 Å². The smallest absolute Gasteiger partial charge is 0.377 e. The summed E-state index contributed by atoms with van der Waals surface area (Å²) in [6.07, 6.45) is 1.87. The number of carbonyl (C=O) groups excluding carboxylic acids is 3. The summed E-state index contributed by atoms with van der Waals surface area (Å²) < 4.78 is 14.5. The van der Waals surface area contributed by atoms with E-state index < -0.39 is 24.5 Å². The lowest BCUT2D eigenvalue weighted by Crippen LogP contribution is -2.41. The molecule has 1 rings (SSSR count). The van der Waals surface area contributed by atoms with Crippen molar-refractivity contribution in [1.29, 1.82) is 0 Å². The van der Waals surface area contributed by atoms with Crippen LogP contribution in [-0.4, -0.2) is 44.3 Å². The maximum Gasteiger partial charge on any atom is 0.377 e. The average molecular weight is 272 g/mol. The summed E-state index contributed by atoms with van der Waals surface area (Å²) in [6.45, 7) is 2.36. The van der Waals surface area contributed by atoms with Gasteiger partial charge in [0.25, 0.3) is 5.91 Å². The molecule has 8 nitrogen and oxygen atoms in total. The van der Waals surface area contributed by atoms with Crippen molar-refractivity contribution in [1.82, 2.24) is 10.6 Å². The van der Waals surface area contributed by atoms with Crippen molar-refractivity contribution in [3.8, 4) is 0 Å². The van der Waals surface area contributed by atoms with Gasteiger partial charge in [-0.3, -0.25) is 10.1 Å². The van der Waals surface area contributed by atoms with Crippen LogP contribution in [0.1, 0.15) is 13.3 Å². The van der Waals surface area contributed by atoms with E-state index in [9.17, 15) is 14.4 Å². The van der Waals surface area contributed by atoms with E-state index in [0.717, 1.165) is 12.7 Å². The number of hydrogen-bond acceptors (Lipinski definition) is 6. The van der Waals surface area contributed by atoms with Crippen LogP contribution in [0.2, 0.25) is 0 Å². The molecule has 0 saturated heterocycles. The maximum atomic E-state index is 11.4. The molecular weight excluding hydrogens is 256 g/mol. The predicted molar refractivity (Wildman–Crippen MR) is 62.8 cm³/mol. The van der Waals surface area contributed by atoms with E-state index in [-0.39, 0.29) is 12.4 Å². The Morgan fingerprint density at radius 3 is 2.79 bits per heavy atom. The zero-order chi connectivity index (χ0) is 14.1. The molecule has 0 radical (unpaired) electrons. The molecule has 0 bridgehead atoms. The summed E-state index contributed by atoms with van der Waals surface area (Å²) in [5, 5.41) is 4.46. The van der Waals surface area contributed by atoms with Gasteiger partial charge in [0.2, 0.25) is 5.76 Å². The van der Waals surface area contributed by atoms with Crippen molar-refractivity contribution in [2.24, 2.45) is 0 Å². The molecule has 0 aromatic carbocycles. The molecule has 0 atom stereocenters. The number of hydrogen-bond donors (Lipinski definition) is 2. The van der Waals surface area contributed by atoms with Crippen LogP contribution in [0.5, 0.6) is 0 Å². The van der Waals surface area contributed by atoms with Gasteiger partial charge < -0.3 is 19.5 Å². The van der Waals surface area contributed by atoms with E-state index in [4.69, 9.17) is 9.47 Å². The minimum Gasteiger partial charge on any atom is -0.493 e. The predicted octanol–water partition coefficient (Wildman–Crippen LogP) is -0.346. The summed E-state index contributed by atoms with van der Waals surface area (Å²) in [7, 11) is 0. The van der Waals surface area contributed by atoms with Crippen molar-refractivity contribution >= 4 is 17.9 Å². The summed E-state index contributed by atoms with van der Waals surface area (Å²) in [6, 6.07) is -0.626. The standard InChI is InChI=1S/C11H16N2O6/c1-2-3-12-11(16)13-9(14)7-19-10(15)8-6-17-4-5-18-8/h6H,2-5,7H2,1H3,(H2,12,13,14,16). The Morgan fingerprint density at radius 2 is 2.16 bits per heavy atom.